The van der Waals surface area contributed by atoms with Crippen molar-refractivity contribution >= 4 is 17.0 Å². The van der Waals surface area contributed by atoms with E-state index < -0.39 is 0 Å². The molecule has 0 aliphatic carbocycles. The number of para-hydroxylation sites is 1. The van der Waals surface area contributed by atoms with Crippen LogP contribution < -0.4 is 5.32 Å². The molecular formula is C14H16N2O2. The Balaban J connectivity index is 1.63. The molecule has 3 rings (SSSR count). The highest BCUT2D eigenvalue weighted by atomic mass is 16.3. The van der Waals surface area contributed by atoms with E-state index in [-0.39, 0.29) is 6.03 Å². The van der Waals surface area contributed by atoms with Gasteiger partial charge in [-0.2, -0.15) is 0 Å². The van der Waals surface area contributed by atoms with Gasteiger partial charge in [0, 0.05) is 18.5 Å². The standard InChI is InChI=1S/C14H16N2O2/c17-14(16-7-3-4-8-16)15-10-12-9-11-5-1-2-6-13(11)18-12/h1-2,5-6,9H,3-4,7-8,10H2,(H,15,17). The maximum atomic E-state index is 11.8. The first-order valence-corrected chi connectivity index (χ1v) is 6.33. The second-order valence-corrected chi connectivity index (χ2v) is 4.60. The van der Waals surface area contributed by atoms with Crippen molar-refractivity contribution in [2.45, 2.75) is 19.4 Å². The molecule has 0 saturated carbocycles. The summed E-state index contributed by atoms with van der Waals surface area (Å²) in [6.45, 7) is 2.18. The normalized spacial score (nSPS) is 15.2. The van der Waals surface area contributed by atoms with Crippen LogP contribution in [0.5, 0.6) is 0 Å². The summed E-state index contributed by atoms with van der Waals surface area (Å²) in [5.74, 6) is 0.795. The van der Waals surface area contributed by atoms with Gasteiger partial charge < -0.3 is 14.6 Å². The minimum Gasteiger partial charge on any atom is -0.459 e. The van der Waals surface area contributed by atoms with Crippen LogP contribution in [0, 0.1) is 0 Å². The quantitative estimate of drug-likeness (QED) is 0.882. The van der Waals surface area contributed by atoms with Gasteiger partial charge in [0.15, 0.2) is 0 Å². The van der Waals surface area contributed by atoms with Crippen molar-refractivity contribution < 1.29 is 9.21 Å². The van der Waals surface area contributed by atoms with Gasteiger partial charge in [-0.1, -0.05) is 18.2 Å². The molecule has 1 fully saturated rings. The number of hydrogen-bond donors (Lipinski definition) is 1. The second-order valence-electron chi connectivity index (χ2n) is 4.60. The molecule has 0 radical (unpaired) electrons. The van der Waals surface area contributed by atoms with Gasteiger partial charge in [-0.15, -0.1) is 0 Å². The summed E-state index contributed by atoms with van der Waals surface area (Å²) in [6, 6.07) is 9.83. The first kappa shape index (κ1) is 11.1. The van der Waals surface area contributed by atoms with Gasteiger partial charge >= 0.3 is 6.03 Å². The monoisotopic (exact) mass is 244 g/mol. The smallest absolute Gasteiger partial charge is 0.317 e. The van der Waals surface area contributed by atoms with Gasteiger partial charge in [-0.25, -0.2) is 4.79 Å². The zero-order valence-corrected chi connectivity index (χ0v) is 10.2. The number of hydrogen-bond acceptors (Lipinski definition) is 2. The van der Waals surface area contributed by atoms with Crippen LogP contribution in [0.15, 0.2) is 34.7 Å². The van der Waals surface area contributed by atoms with Crippen LogP contribution in [0.1, 0.15) is 18.6 Å². The molecule has 2 aromatic rings. The zero-order chi connectivity index (χ0) is 12.4. The molecule has 0 atom stereocenters. The molecule has 1 saturated heterocycles. The number of carbonyl (C=O) groups excluding carboxylic acids is 1. The predicted molar refractivity (Wildman–Crippen MR) is 69.3 cm³/mol. The van der Waals surface area contributed by atoms with Crippen molar-refractivity contribution in [3.63, 3.8) is 0 Å². The van der Waals surface area contributed by atoms with Gasteiger partial charge in [0.05, 0.1) is 6.54 Å². The van der Waals surface area contributed by atoms with E-state index in [0.717, 1.165) is 42.7 Å². The van der Waals surface area contributed by atoms with Crippen LogP contribution in [0.3, 0.4) is 0 Å². The first-order valence-electron chi connectivity index (χ1n) is 6.33. The van der Waals surface area contributed by atoms with E-state index in [2.05, 4.69) is 5.32 Å². The topological polar surface area (TPSA) is 45.5 Å². The Bertz CT molecular complexity index is 523. The fourth-order valence-electron chi connectivity index (χ4n) is 2.32. The largest absolute Gasteiger partial charge is 0.459 e. The summed E-state index contributed by atoms with van der Waals surface area (Å²) in [5.41, 5.74) is 0.864. The van der Waals surface area contributed by atoms with E-state index in [0.29, 0.717) is 6.54 Å². The maximum Gasteiger partial charge on any atom is 0.317 e. The lowest BCUT2D eigenvalue weighted by Gasteiger charge is -2.15. The summed E-state index contributed by atoms with van der Waals surface area (Å²) in [6.07, 6.45) is 2.22. The van der Waals surface area contributed by atoms with Gasteiger partial charge in [0.1, 0.15) is 11.3 Å². The Labute approximate surface area is 106 Å². The number of amides is 2. The third-order valence-electron chi connectivity index (χ3n) is 3.28. The molecule has 2 heterocycles. The number of carbonyl (C=O) groups is 1. The van der Waals surface area contributed by atoms with Gasteiger partial charge in [0.2, 0.25) is 0 Å². The Morgan fingerprint density at radius 3 is 2.83 bits per heavy atom. The lowest BCUT2D eigenvalue weighted by molar-refractivity contribution is 0.207. The number of benzene rings is 1. The fourth-order valence-corrected chi connectivity index (χ4v) is 2.32. The van der Waals surface area contributed by atoms with Crippen LogP contribution in [0.25, 0.3) is 11.0 Å². The second kappa shape index (κ2) is 4.72. The number of nitrogens with one attached hydrogen (secondary N) is 1. The van der Waals surface area contributed by atoms with Crippen molar-refractivity contribution in [1.29, 1.82) is 0 Å². The molecule has 1 aliphatic rings. The highest BCUT2D eigenvalue weighted by Gasteiger charge is 2.17. The molecule has 4 heteroatoms. The number of nitrogens with zero attached hydrogens (tertiary/aromatic N) is 1. The van der Waals surface area contributed by atoms with Gasteiger partial charge in [0.25, 0.3) is 0 Å². The lowest BCUT2D eigenvalue weighted by Crippen LogP contribution is -2.37. The molecule has 2 amide bonds. The van der Waals surface area contributed by atoms with Crippen molar-refractivity contribution in [3.05, 3.63) is 36.1 Å². The molecule has 94 valence electrons. The number of fused-ring (bicyclic) bond motifs is 1. The van der Waals surface area contributed by atoms with Crippen LogP contribution in [-0.2, 0) is 6.54 Å². The summed E-state index contributed by atoms with van der Waals surface area (Å²) >= 11 is 0. The maximum absolute atomic E-state index is 11.8. The van der Waals surface area contributed by atoms with Crippen LogP contribution in [0.4, 0.5) is 4.79 Å². The van der Waals surface area contributed by atoms with Crippen molar-refractivity contribution in [2.24, 2.45) is 0 Å². The van der Waals surface area contributed by atoms with Crippen LogP contribution >= 0.6 is 0 Å². The third kappa shape index (κ3) is 2.18. The molecule has 0 bridgehead atoms. The number of urea groups is 1. The average molecular weight is 244 g/mol. The number of rotatable bonds is 2. The van der Waals surface area contributed by atoms with E-state index >= 15 is 0 Å². The molecule has 0 unspecified atom stereocenters. The number of furan rings is 1. The minimum atomic E-state index is 0.00737. The minimum absolute atomic E-state index is 0.00737. The van der Waals surface area contributed by atoms with Crippen LogP contribution in [-0.4, -0.2) is 24.0 Å². The molecule has 18 heavy (non-hydrogen) atoms. The fraction of sp³-hybridized carbons (Fsp3) is 0.357. The zero-order valence-electron chi connectivity index (χ0n) is 10.2. The summed E-state index contributed by atoms with van der Waals surface area (Å²) < 4.78 is 5.65. The van der Waals surface area contributed by atoms with E-state index in [1.54, 1.807) is 0 Å². The van der Waals surface area contributed by atoms with Crippen molar-refractivity contribution in [1.82, 2.24) is 10.2 Å². The highest BCUT2D eigenvalue weighted by Crippen LogP contribution is 2.18. The van der Waals surface area contributed by atoms with Crippen LogP contribution in [0.2, 0.25) is 0 Å². The van der Waals surface area contributed by atoms with Crippen molar-refractivity contribution in [3.8, 4) is 0 Å². The average Bonchev–Trinajstić information content (AvgIpc) is 3.04. The van der Waals surface area contributed by atoms with E-state index in [1.807, 2.05) is 35.2 Å². The SMILES string of the molecule is O=C(NCc1cc2ccccc2o1)N1CCCC1. The molecule has 1 aliphatic heterocycles. The molecular weight excluding hydrogens is 228 g/mol. The van der Waals surface area contributed by atoms with Crippen molar-refractivity contribution in [2.75, 3.05) is 13.1 Å². The van der Waals surface area contributed by atoms with Gasteiger partial charge in [-0.05, 0) is 25.0 Å². The van der Waals surface area contributed by atoms with E-state index in [9.17, 15) is 4.79 Å². The Morgan fingerprint density at radius 1 is 1.28 bits per heavy atom. The first-order chi connectivity index (χ1) is 8.83. The Kier molecular flexibility index (Phi) is 2.92. The van der Waals surface area contributed by atoms with Gasteiger partial charge in [-0.3, -0.25) is 0 Å². The number of likely N-dealkylation sites (tertiary alicyclic amines) is 1. The Morgan fingerprint density at radius 2 is 2.06 bits per heavy atom. The van der Waals surface area contributed by atoms with E-state index in [4.69, 9.17) is 4.42 Å². The molecule has 1 aromatic carbocycles. The summed E-state index contributed by atoms with van der Waals surface area (Å²) in [5, 5.41) is 3.97. The lowest BCUT2D eigenvalue weighted by atomic mass is 10.2. The molecule has 0 spiro atoms. The molecule has 1 aromatic heterocycles. The molecule has 4 nitrogen and oxygen atoms in total. The molecule has 1 N–H and O–H groups in total. The summed E-state index contributed by atoms with van der Waals surface area (Å²) in [4.78, 5) is 13.7. The van der Waals surface area contributed by atoms with E-state index in [1.165, 1.54) is 0 Å². The predicted octanol–water partition coefficient (Wildman–Crippen LogP) is 2.74. The third-order valence-corrected chi connectivity index (χ3v) is 3.28. The Hall–Kier alpha value is -1.97. The highest BCUT2D eigenvalue weighted by molar-refractivity contribution is 5.78. The summed E-state index contributed by atoms with van der Waals surface area (Å²) in [7, 11) is 0.